The summed E-state index contributed by atoms with van der Waals surface area (Å²) in [7, 11) is 0. The van der Waals surface area contributed by atoms with Crippen LogP contribution in [0.5, 0.6) is 0 Å². The van der Waals surface area contributed by atoms with Gasteiger partial charge in [0.15, 0.2) is 0 Å². The summed E-state index contributed by atoms with van der Waals surface area (Å²) in [5.41, 5.74) is -0.564. The van der Waals surface area contributed by atoms with Gasteiger partial charge in [-0.15, -0.1) is 0 Å². The fraction of sp³-hybridized carbons (Fsp3) is 0.737. The maximum absolute atomic E-state index is 13.0. The summed E-state index contributed by atoms with van der Waals surface area (Å²) in [4.78, 5) is 38.6. The predicted octanol–water partition coefficient (Wildman–Crippen LogP) is 2.61. The third kappa shape index (κ3) is 6.18. The summed E-state index contributed by atoms with van der Waals surface area (Å²) in [6, 6.07) is -0.0824. The number of nitrogens with zero attached hydrogens (tertiary/aromatic N) is 1. The smallest absolute Gasteiger partial charge is 0.307 e. The maximum atomic E-state index is 13.0. The van der Waals surface area contributed by atoms with E-state index in [4.69, 9.17) is 9.47 Å². The Morgan fingerprint density at radius 1 is 1.32 bits per heavy atom. The average molecular weight is 351 g/mol. The molecular formula is C19H29NO5. The van der Waals surface area contributed by atoms with E-state index in [9.17, 15) is 14.4 Å². The van der Waals surface area contributed by atoms with Crippen LogP contribution in [0.4, 0.5) is 0 Å². The van der Waals surface area contributed by atoms with Crippen LogP contribution in [0.15, 0.2) is 12.2 Å². The molecule has 2 rings (SSSR count). The van der Waals surface area contributed by atoms with Crippen molar-refractivity contribution in [2.24, 2.45) is 5.92 Å². The largest absolute Gasteiger partial charge is 0.463 e. The Kier molecular flexibility index (Phi) is 6.62. The lowest BCUT2D eigenvalue weighted by molar-refractivity contribution is -0.158. The number of carbonyl (C=O) groups is 3. The van der Waals surface area contributed by atoms with Gasteiger partial charge >= 0.3 is 11.9 Å². The normalized spacial score (nSPS) is 25.6. The fourth-order valence-electron chi connectivity index (χ4n) is 3.23. The Hall–Kier alpha value is -1.85. The van der Waals surface area contributed by atoms with Crippen molar-refractivity contribution in [3.05, 3.63) is 12.2 Å². The van der Waals surface area contributed by atoms with E-state index in [1.807, 2.05) is 32.9 Å². The number of hydrogen-bond acceptors (Lipinski definition) is 5. The monoisotopic (exact) mass is 351 g/mol. The van der Waals surface area contributed by atoms with Crippen molar-refractivity contribution < 1.29 is 23.9 Å². The lowest BCUT2D eigenvalue weighted by Gasteiger charge is -2.29. The Morgan fingerprint density at radius 3 is 2.80 bits per heavy atom. The van der Waals surface area contributed by atoms with Crippen LogP contribution >= 0.6 is 0 Å². The average Bonchev–Trinajstić information content (AvgIpc) is 2.96. The van der Waals surface area contributed by atoms with Gasteiger partial charge < -0.3 is 14.4 Å². The van der Waals surface area contributed by atoms with E-state index in [1.54, 1.807) is 4.90 Å². The highest BCUT2D eigenvalue weighted by Gasteiger charge is 2.35. The van der Waals surface area contributed by atoms with Crippen LogP contribution in [-0.2, 0) is 23.9 Å². The second-order valence-corrected chi connectivity index (χ2v) is 7.74. The molecule has 2 heterocycles. The number of rotatable bonds is 2. The van der Waals surface area contributed by atoms with Crippen LogP contribution in [0.25, 0.3) is 0 Å². The SMILES string of the molecule is CC(C)(C)OC(=O)C[C@@H]1CC=CCCC(=O)OC[C@@H]2CCCN2C1=O. The summed E-state index contributed by atoms with van der Waals surface area (Å²) in [5.74, 6) is -1.06. The van der Waals surface area contributed by atoms with Gasteiger partial charge in [0.25, 0.3) is 0 Å². The molecule has 0 aliphatic carbocycles. The van der Waals surface area contributed by atoms with Gasteiger partial charge in [-0.05, 0) is 46.5 Å². The zero-order chi connectivity index (χ0) is 18.4. The number of ether oxygens (including phenoxy) is 2. The van der Waals surface area contributed by atoms with Crippen molar-refractivity contribution in [1.82, 2.24) is 4.90 Å². The molecule has 0 bridgehead atoms. The van der Waals surface area contributed by atoms with Crippen molar-refractivity contribution in [1.29, 1.82) is 0 Å². The number of allylic oxidation sites excluding steroid dienone is 2. The van der Waals surface area contributed by atoms with Crippen molar-refractivity contribution in [3.63, 3.8) is 0 Å². The molecule has 1 fully saturated rings. The molecule has 0 aromatic rings. The topological polar surface area (TPSA) is 72.9 Å². The predicted molar refractivity (Wildman–Crippen MR) is 92.6 cm³/mol. The number of cyclic esters (lactones) is 1. The van der Waals surface area contributed by atoms with E-state index >= 15 is 0 Å². The van der Waals surface area contributed by atoms with Crippen LogP contribution in [0.1, 0.15) is 59.3 Å². The van der Waals surface area contributed by atoms with Gasteiger partial charge in [0, 0.05) is 13.0 Å². The first kappa shape index (κ1) is 19.5. The third-order valence-corrected chi connectivity index (χ3v) is 4.38. The number of carbonyl (C=O) groups excluding carboxylic acids is 3. The van der Waals surface area contributed by atoms with Crippen LogP contribution < -0.4 is 0 Å². The third-order valence-electron chi connectivity index (χ3n) is 4.38. The highest BCUT2D eigenvalue weighted by atomic mass is 16.6. The second kappa shape index (κ2) is 8.50. The van der Waals surface area contributed by atoms with Crippen molar-refractivity contribution in [2.45, 2.75) is 70.9 Å². The molecule has 0 saturated carbocycles. The van der Waals surface area contributed by atoms with Gasteiger partial charge in [-0.1, -0.05) is 12.2 Å². The first-order chi connectivity index (χ1) is 11.8. The summed E-state index contributed by atoms with van der Waals surface area (Å²) < 4.78 is 10.7. The molecule has 0 radical (unpaired) electrons. The lowest BCUT2D eigenvalue weighted by atomic mass is 9.98. The number of amides is 1. The Bertz CT molecular complexity index is 534. The summed E-state index contributed by atoms with van der Waals surface area (Å²) in [5, 5.41) is 0. The van der Waals surface area contributed by atoms with E-state index in [1.165, 1.54) is 0 Å². The van der Waals surface area contributed by atoms with Gasteiger partial charge in [0.1, 0.15) is 12.2 Å². The molecule has 0 aromatic heterocycles. The van der Waals surface area contributed by atoms with Crippen molar-refractivity contribution in [3.8, 4) is 0 Å². The molecular weight excluding hydrogens is 322 g/mol. The molecule has 2 atom stereocenters. The first-order valence-corrected chi connectivity index (χ1v) is 9.09. The Balaban J connectivity index is 2.11. The molecule has 6 nitrogen and oxygen atoms in total. The zero-order valence-electron chi connectivity index (χ0n) is 15.5. The quantitative estimate of drug-likeness (QED) is 0.565. The molecule has 0 N–H and O–H groups in total. The van der Waals surface area contributed by atoms with Gasteiger partial charge in [-0.3, -0.25) is 14.4 Å². The minimum absolute atomic E-state index is 0.0466. The second-order valence-electron chi connectivity index (χ2n) is 7.74. The Morgan fingerprint density at radius 2 is 2.08 bits per heavy atom. The van der Waals surface area contributed by atoms with E-state index in [0.29, 0.717) is 25.8 Å². The Labute approximate surface area is 149 Å². The van der Waals surface area contributed by atoms with E-state index in [2.05, 4.69) is 0 Å². The lowest BCUT2D eigenvalue weighted by Crippen LogP contribution is -2.43. The first-order valence-electron chi connectivity index (χ1n) is 9.09. The minimum atomic E-state index is -0.564. The number of hydrogen-bond donors (Lipinski definition) is 0. The van der Waals surface area contributed by atoms with Gasteiger partial charge in [-0.25, -0.2) is 0 Å². The van der Waals surface area contributed by atoms with Gasteiger partial charge in [0.05, 0.1) is 18.4 Å². The van der Waals surface area contributed by atoms with E-state index < -0.39 is 11.5 Å². The summed E-state index contributed by atoms with van der Waals surface area (Å²) >= 11 is 0. The molecule has 1 amide bonds. The molecule has 25 heavy (non-hydrogen) atoms. The fourth-order valence-corrected chi connectivity index (χ4v) is 3.23. The molecule has 0 aromatic carbocycles. The van der Waals surface area contributed by atoms with E-state index in [0.717, 1.165) is 12.8 Å². The zero-order valence-corrected chi connectivity index (χ0v) is 15.5. The maximum Gasteiger partial charge on any atom is 0.307 e. The minimum Gasteiger partial charge on any atom is -0.463 e. The molecule has 2 aliphatic heterocycles. The van der Waals surface area contributed by atoms with Crippen molar-refractivity contribution >= 4 is 17.8 Å². The highest BCUT2D eigenvalue weighted by molar-refractivity contribution is 5.84. The van der Waals surface area contributed by atoms with Crippen LogP contribution in [-0.4, -0.2) is 47.5 Å². The molecule has 1 saturated heterocycles. The van der Waals surface area contributed by atoms with Gasteiger partial charge in [-0.2, -0.15) is 0 Å². The number of fused-ring (bicyclic) bond motifs is 1. The number of esters is 2. The summed E-state index contributed by atoms with van der Waals surface area (Å²) in [6.07, 6.45) is 6.96. The highest BCUT2D eigenvalue weighted by Crippen LogP contribution is 2.25. The van der Waals surface area contributed by atoms with E-state index in [-0.39, 0.29) is 36.9 Å². The van der Waals surface area contributed by atoms with Gasteiger partial charge in [0.2, 0.25) is 5.91 Å². The van der Waals surface area contributed by atoms with Crippen molar-refractivity contribution in [2.75, 3.05) is 13.2 Å². The summed E-state index contributed by atoms with van der Waals surface area (Å²) in [6.45, 7) is 6.35. The van der Waals surface area contributed by atoms with Crippen LogP contribution in [0.2, 0.25) is 0 Å². The molecule has 2 aliphatic rings. The van der Waals surface area contributed by atoms with Crippen LogP contribution in [0.3, 0.4) is 0 Å². The molecule has 140 valence electrons. The standard InChI is InChI=1S/C19H29NO5/c1-19(2,3)25-17(22)12-14-8-5-4-6-10-16(21)24-13-15-9-7-11-20(15)18(14)23/h4-5,14-15H,6-13H2,1-3H3/t14-,15-/m0/s1. The molecule has 0 unspecified atom stereocenters. The molecule has 6 heteroatoms. The molecule has 0 spiro atoms. The van der Waals surface area contributed by atoms with Crippen LogP contribution in [0, 0.1) is 5.92 Å².